The predicted octanol–water partition coefficient (Wildman–Crippen LogP) is 4.57. The van der Waals surface area contributed by atoms with Gasteiger partial charge in [0.1, 0.15) is 5.75 Å². The number of nitrogens with one attached hydrogen (secondary N) is 2. The largest absolute Gasteiger partial charge is 0.439 e. The number of rotatable bonds is 7. The number of anilines is 1. The summed E-state index contributed by atoms with van der Waals surface area (Å²) >= 11 is 0. The number of amides is 1. The van der Waals surface area contributed by atoms with Gasteiger partial charge in [0.25, 0.3) is 15.9 Å². The van der Waals surface area contributed by atoms with Crippen LogP contribution in [0.5, 0.6) is 11.6 Å². The fourth-order valence-electron chi connectivity index (χ4n) is 3.32. The van der Waals surface area contributed by atoms with E-state index in [1.165, 1.54) is 6.20 Å². The van der Waals surface area contributed by atoms with Crippen LogP contribution >= 0.6 is 0 Å². The standard InChI is InChI=1S/C24H25N3O4S/c1-16-6-7-17(2)22(14-16)32(29,30)27-20-10-13-23(25-15-20)31-21-11-8-18(9-12-21)24(28)26-19-4-3-5-19/h6-15,19,27H,3-5H2,1-2H3,(H,26,28). The molecule has 1 heterocycles. The molecule has 0 radical (unpaired) electrons. The summed E-state index contributed by atoms with van der Waals surface area (Å²) < 4.78 is 33.7. The van der Waals surface area contributed by atoms with Crippen LogP contribution in [0.3, 0.4) is 0 Å². The maximum atomic E-state index is 12.7. The second-order valence-electron chi connectivity index (χ2n) is 7.99. The van der Waals surface area contributed by atoms with E-state index in [0.717, 1.165) is 24.8 Å². The Bertz CT molecular complexity index is 1220. The zero-order valence-electron chi connectivity index (χ0n) is 18.0. The molecule has 2 N–H and O–H groups in total. The maximum Gasteiger partial charge on any atom is 0.262 e. The number of hydrogen-bond acceptors (Lipinski definition) is 5. The summed E-state index contributed by atoms with van der Waals surface area (Å²) in [6.07, 6.45) is 4.64. The van der Waals surface area contributed by atoms with Crippen LogP contribution < -0.4 is 14.8 Å². The zero-order chi connectivity index (χ0) is 22.7. The molecule has 0 aliphatic heterocycles. The second kappa shape index (κ2) is 9.00. The molecule has 8 heteroatoms. The third-order valence-corrected chi connectivity index (χ3v) is 6.92. The Morgan fingerprint density at radius 2 is 1.78 bits per heavy atom. The number of nitrogens with zero attached hydrogens (tertiary/aromatic N) is 1. The summed E-state index contributed by atoms with van der Waals surface area (Å²) in [5.41, 5.74) is 2.44. The van der Waals surface area contributed by atoms with Crippen molar-refractivity contribution in [1.29, 1.82) is 0 Å². The van der Waals surface area contributed by atoms with E-state index in [4.69, 9.17) is 4.74 Å². The van der Waals surface area contributed by atoms with Crippen LogP contribution in [-0.2, 0) is 10.0 Å². The van der Waals surface area contributed by atoms with Gasteiger partial charge in [-0.05, 0) is 80.6 Å². The Kier molecular flexibility index (Phi) is 6.14. The molecule has 1 aliphatic rings. The lowest BCUT2D eigenvalue weighted by molar-refractivity contribution is 0.0917. The third kappa shape index (κ3) is 5.08. The molecule has 166 valence electrons. The molecule has 1 fully saturated rings. The predicted molar refractivity (Wildman–Crippen MR) is 123 cm³/mol. The SMILES string of the molecule is Cc1ccc(C)c(S(=O)(=O)Nc2ccc(Oc3ccc(C(=O)NC4CCC4)cc3)nc2)c1. The number of aryl methyl sites for hydroxylation is 2. The van der Waals surface area contributed by atoms with Gasteiger partial charge in [0, 0.05) is 17.7 Å². The van der Waals surface area contributed by atoms with Crippen molar-refractivity contribution in [1.82, 2.24) is 10.3 Å². The van der Waals surface area contributed by atoms with Gasteiger partial charge in [-0.15, -0.1) is 0 Å². The molecular formula is C24H25N3O4S. The molecule has 0 atom stereocenters. The molecule has 3 aromatic rings. The van der Waals surface area contributed by atoms with Crippen molar-refractivity contribution in [3.05, 3.63) is 77.5 Å². The van der Waals surface area contributed by atoms with Crippen molar-refractivity contribution >= 4 is 21.6 Å². The monoisotopic (exact) mass is 451 g/mol. The summed E-state index contributed by atoms with van der Waals surface area (Å²) in [5.74, 6) is 0.757. The van der Waals surface area contributed by atoms with Crippen molar-refractivity contribution in [2.75, 3.05) is 4.72 Å². The van der Waals surface area contributed by atoms with E-state index in [0.29, 0.717) is 28.4 Å². The minimum atomic E-state index is -3.73. The molecule has 2 aromatic carbocycles. The summed E-state index contributed by atoms with van der Waals surface area (Å²) in [5, 5.41) is 3.00. The molecule has 1 amide bonds. The lowest BCUT2D eigenvalue weighted by atomic mass is 9.93. The zero-order valence-corrected chi connectivity index (χ0v) is 18.8. The molecule has 1 saturated carbocycles. The fourth-order valence-corrected chi connectivity index (χ4v) is 4.70. The van der Waals surface area contributed by atoms with Crippen molar-refractivity contribution in [2.24, 2.45) is 0 Å². The first-order chi connectivity index (χ1) is 15.3. The highest BCUT2D eigenvalue weighted by Crippen LogP contribution is 2.24. The van der Waals surface area contributed by atoms with Gasteiger partial charge in [-0.2, -0.15) is 0 Å². The Morgan fingerprint density at radius 1 is 1.03 bits per heavy atom. The molecule has 0 spiro atoms. The lowest BCUT2D eigenvalue weighted by Crippen LogP contribution is -2.39. The first-order valence-corrected chi connectivity index (χ1v) is 11.9. The van der Waals surface area contributed by atoms with E-state index >= 15 is 0 Å². The van der Waals surface area contributed by atoms with Gasteiger partial charge in [0.2, 0.25) is 5.88 Å². The Balaban J connectivity index is 1.39. The third-order valence-electron chi connectivity index (χ3n) is 5.40. The maximum absolute atomic E-state index is 12.7. The molecule has 0 bridgehead atoms. The first-order valence-electron chi connectivity index (χ1n) is 10.4. The average molecular weight is 452 g/mol. The second-order valence-corrected chi connectivity index (χ2v) is 9.64. The molecule has 1 aromatic heterocycles. The van der Waals surface area contributed by atoms with Crippen LogP contribution in [0.4, 0.5) is 5.69 Å². The molecule has 0 saturated heterocycles. The van der Waals surface area contributed by atoms with Gasteiger partial charge in [-0.1, -0.05) is 12.1 Å². The number of sulfonamides is 1. The van der Waals surface area contributed by atoms with Crippen LogP contribution in [0.25, 0.3) is 0 Å². The van der Waals surface area contributed by atoms with E-state index in [9.17, 15) is 13.2 Å². The van der Waals surface area contributed by atoms with Gasteiger partial charge >= 0.3 is 0 Å². The van der Waals surface area contributed by atoms with Crippen molar-refractivity contribution in [2.45, 2.75) is 44.0 Å². The number of aromatic nitrogens is 1. The first kappa shape index (κ1) is 21.8. The molecule has 32 heavy (non-hydrogen) atoms. The smallest absolute Gasteiger partial charge is 0.262 e. The van der Waals surface area contributed by atoms with E-state index in [-0.39, 0.29) is 16.8 Å². The number of carbonyl (C=O) groups excluding carboxylic acids is 1. The Hall–Kier alpha value is -3.39. The van der Waals surface area contributed by atoms with E-state index in [1.807, 2.05) is 13.0 Å². The highest BCUT2D eigenvalue weighted by atomic mass is 32.2. The Morgan fingerprint density at radius 3 is 2.41 bits per heavy atom. The average Bonchev–Trinajstić information content (AvgIpc) is 2.74. The van der Waals surface area contributed by atoms with Crippen LogP contribution in [-0.4, -0.2) is 25.4 Å². The summed E-state index contributed by atoms with van der Waals surface area (Å²) in [4.78, 5) is 16.6. The number of ether oxygens (including phenoxy) is 1. The molecule has 4 rings (SSSR count). The van der Waals surface area contributed by atoms with Crippen LogP contribution in [0.15, 0.2) is 65.7 Å². The quantitative estimate of drug-likeness (QED) is 0.548. The van der Waals surface area contributed by atoms with Crippen molar-refractivity contribution < 1.29 is 17.9 Å². The number of benzene rings is 2. The fraction of sp³-hybridized carbons (Fsp3) is 0.250. The van der Waals surface area contributed by atoms with Gasteiger partial charge < -0.3 is 10.1 Å². The molecule has 7 nitrogen and oxygen atoms in total. The van der Waals surface area contributed by atoms with Gasteiger partial charge in [0.15, 0.2) is 0 Å². The topological polar surface area (TPSA) is 97.4 Å². The minimum absolute atomic E-state index is 0.0835. The minimum Gasteiger partial charge on any atom is -0.439 e. The number of pyridine rings is 1. The number of hydrogen-bond donors (Lipinski definition) is 2. The van der Waals surface area contributed by atoms with Crippen molar-refractivity contribution in [3.63, 3.8) is 0 Å². The van der Waals surface area contributed by atoms with E-state index in [1.54, 1.807) is 55.5 Å². The van der Waals surface area contributed by atoms with Crippen LogP contribution in [0.1, 0.15) is 40.7 Å². The molecule has 1 aliphatic carbocycles. The van der Waals surface area contributed by atoms with E-state index in [2.05, 4.69) is 15.0 Å². The summed E-state index contributed by atoms with van der Waals surface area (Å²) in [7, 11) is -3.73. The molecule has 0 unspecified atom stereocenters. The van der Waals surface area contributed by atoms with Gasteiger partial charge in [-0.3, -0.25) is 9.52 Å². The number of carbonyl (C=O) groups is 1. The molecular weight excluding hydrogens is 426 g/mol. The summed E-state index contributed by atoms with van der Waals surface area (Å²) in [6.45, 7) is 3.60. The van der Waals surface area contributed by atoms with E-state index < -0.39 is 10.0 Å². The Labute approximate surface area is 187 Å². The van der Waals surface area contributed by atoms with Gasteiger partial charge in [-0.25, -0.2) is 13.4 Å². The van der Waals surface area contributed by atoms with Crippen LogP contribution in [0, 0.1) is 13.8 Å². The van der Waals surface area contributed by atoms with Crippen LogP contribution in [0.2, 0.25) is 0 Å². The van der Waals surface area contributed by atoms with Crippen molar-refractivity contribution in [3.8, 4) is 11.6 Å². The summed E-state index contributed by atoms with van der Waals surface area (Å²) in [6, 6.07) is 15.6. The highest BCUT2D eigenvalue weighted by molar-refractivity contribution is 7.92. The normalized spacial score (nSPS) is 13.8. The van der Waals surface area contributed by atoms with Gasteiger partial charge in [0.05, 0.1) is 16.8 Å². The lowest BCUT2D eigenvalue weighted by Gasteiger charge is -2.26. The highest BCUT2D eigenvalue weighted by Gasteiger charge is 2.20.